The first-order valence-electron chi connectivity index (χ1n) is 4.35. The molecule has 1 aromatic rings. The van der Waals surface area contributed by atoms with Gasteiger partial charge in [0.15, 0.2) is 0 Å². The Morgan fingerprint density at radius 1 is 1.38 bits per heavy atom. The van der Waals surface area contributed by atoms with Crippen molar-refractivity contribution in [1.29, 1.82) is 0 Å². The molecular formula is C10H15NO2. The van der Waals surface area contributed by atoms with Gasteiger partial charge in [0.2, 0.25) is 0 Å². The second kappa shape index (κ2) is 4.72. The van der Waals surface area contributed by atoms with Crippen LogP contribution in [0.2, 0.25) is 0 Å². The van der Waals surface area contributed by atoms with E-state index in [1.807, 2.05) is 12.1 Å². The van der Waals surface area contributed by atoms with Crippen molar-refractivity contribution in [2.24, 2.45) is 0 Å². The first-order valence-corrected chi connectivity index (χ1v) is 4.35. The Kier molecular flexibility index (Phi) is 3.58. The molecule has 0 spiro atoms. The summed E-state index contributed by atoms with van der Waals surface area (Å²) in [7, 11) is 0. The number of anilines is 1. The van der Waals surface area contributed by atoms with Gasteiger partial charge in [-0.05, 0) is 31.2 Å². The lowest BCUT2D eigenvalue weighted by Gasteiger charge is -2.07. The van der Waals surface area contributed by atoms with Crippen LogP contribution in [0.5, 0.6) is 5.75 Å². The number of aliphatic hydroxyl groups is 1. The average molecular weight is 181 g/mol. The maximum absolute atomic E-state index is 8.97. The molecule has 1 atom stereocenters. The van der Waals surface area contributed by atoms with E-state index >= 15 is 0 Å². The molecular weight excluding hydrogens is 166 g/mol. The van der Waals surface area contributed by atoms with Crippen LogP contribution in [0.1, 0.15) is 13.3 Å². The third kappa shape index (κ3) is 3.80. The molecule has 1 rings (SSSR count). The molecule has 0 heterocycles. The normalized spacial score (nSPS) is 12.5. The van der Waals surface area contributed by atoms with E-state index in [1.54, 1.807) is 19.1 Å². The zero-order valence-electron chi connectivity index (χ0n) is 7.73. The van der Waals surface area contributed by atoms with Crippen LogP contribution in [0.15, 0.2) is 24.3 Å². The molecule has 0 saturated heterocycles. The standard InChI is InChI=1S/C10H15NO2/c1-8(12)6-7-13-10-4-2-9(11)3-5-10/h2-5,8,12H,6-7,11H2,1H3. The summed E-state index contributed by atoms with van der Waals surface area (Å²) in [5.74, 6) is 0.787. The molecule has 3 heteroatoms. The Morgan fingerprint density at radius 2 is 2.00 bits per heavy atom. The van der Waals surface area contributed by atoms with Gasteiger partial charge in [-0.2, -0.15) is 0 Å². The summed E-state index contributed by atoms with van der Waals surface area (Å²) in [6.45, 7) is 2.27. The molecule has 0 aliphatic rings. The fourth-order valence-electron chi connectivity index (χ4n) is 0.911. The molecule has 0 fully saturated rings. The lowest BCUT2D eigenvalue weighted by Crippen LogP contribution is -2.07. The summed E-state index contributed by atoms with van der Waals surface area (Å²) in [5.41, 5.74) is 6.23. The molecule has 0 saturated carbocycles. The van der Waals surface area contributed by atoms with Gasteiger partial charge in [0.25, 0.3) is 0 Å². The number of nitrogen functional groups attached to an aromatic ring is 1. The van der Waals surface area contributed by atoms with Crippen molar-refractivity contribution in [2.75, 3.05) is 12.3 Å². The molecule has 3 N–H and O–H groups in total. The summed E-state index contributed by atoms with van der Waals surface area (Å²) >= 11 is 0. The highest BCUT2D eigenvalue weighted by Crippen LogP contribution is 2.13. The number of hydrogen-bond donors (Lipinski definition) is 2. The summed E-state index contributed by atoms with van der Waals surface area (Å²) in [6, 6.07) is 7.21. The Hall–Kier alpha value is -1.22. The Balaban J connectivity index is 2.33. The third-order valence-corrected chi connectivity index (χ3v) is 1.68. The molecule has 1 aromatic carbocycles. The summed E-state index contributed by atoms with van der Waals surface area (Å²) in [6.07, 6.45) is 0.332. The molecule has 1 unspecified atom stereocenters. The number of ether oxygens (including phenoxy) is 1. The lowest BCUT2D eigenvalue weighted by molar-refractivity contribution is 0.155. The second-order valence-corrected chi connectivity index (χ2v) is 3.06. The molecule has 0 radical (unpaired) electrons. The zero-order valence-corrected chi connectivity index (χ0v) is 7.73. The minimum atomic E-state index is -0.311. The van der Waals surface area contributed by atoms with Crippen LogP contribution in [0.3, 0.4) is 0 Å². The van der Waals surface area contributed by atoms with Crippen LogP contribution in [0.4, 0.5) is 5.69 Å². The quantitative estimate of drug-likeness (QED) is 0.691. The molecule has 13 heavy (non-hydrogen) atoms. The van der Waals surface area contributed by atoms with Crippen molar-refractivity contribution in [1.82, 2.24) is 0 Å². The van der Waals surface area contributed by atoms with Crippen LogP contribution in [-0.4, -0.2) is 17.8 Å². The van der Waals surface area contributed by atoms with Crippen molar-refractivity contribution in [2.45, 2.75) is 19.4 Å². The first kappa shape index (κ1) is 9.86. The summed E-state index contributed by atoms with van der Waals surface area (Å²) in [5, 5.41) is 8.97. The molecule has 3 nitrogen and oxygen atoms in total. The fourth-order valence-corrected chi connectivity index (χ4v) is 0.911. The zero-order chi connectivity index (χ0) is 9.68. The van der Waals surface area contributed by atoms with Crippen molar-refractivity contribution in [3.8, 4) is 5.75 Å². The SMILES string of the molecule is CC(O)CCOc1ccc(N)cc1. The van der Waals surface area contributed by atoms with E-state index < -0.39 is 0 Å². The summed E-state index contributed by atoms with van der Waals surface area (Å²) in [4.78, 5) is 0. The van der Waals surface area contributed by atoms with Crippen molar-refractivity contribution < 1.29 is 9.84 Å². The van der Waals surface area contributed by atoms with E-state index in [9.17, 15) is 0 Å². The molecule has 0 aliphatic heterocycles. The van der Waals surface area contributed by atoms with Gasteiger partial charge < -0.3 is 15.6 Å². The Labute approximate surface area is 78.1 Å². The maximum Gasteiger partial charge on any atom is 0.119 e. The lowest BCUT2D eigenvalue weighted by atomic mass is 10.3. The van der Waals surface area contributed by atoms with Gasteiger partial charge in [-0.25, -0.2) is 0 Å². The number of rotatable bonds is 4. The monoisotopic (exact) mass is 181 g/mol. The fraction of sp³-hybridized carbons (Fsp3) is 0.400. The van der Waals surface area contributed by atoms with Crippen molar-refractivity contribution in [3.63, 3.8) is 0 Å². The Morgan fingerprint density at radius 3 is 2.54 bits per heavy atom. The number of hydrogen-bond acceptors (Lipinski definition) is 3. The highest BCUT2D eigenvalue weighted by atomic mass is 16.5. The van der Waals surface area contributed by atoms with Crippen LogP contribution >= 0.6 is 0 Å². The van der Waals surface area contributed by atoms with Gasteiger partial charge in [-0.1, -0.05) is 0 Å². The van der Waals surface area contributed by atoms with Crippen molar-refractivity contribution >= 4 is 5.69 Å². The first-order chi connectivity index (χ1) is 6.18. The molecule has 0 aliphatic carbocycles. The smallest absolute Gasteiger partial charge is 0.119 e. The highest BCUT2D eigenvalue weighted by molar-refractivity contribution is 5.41. The van der Waals surface area contributed by atoms with Crippen LogP contribution in [-0.2, 0) is 0 Å². The predicted octanol–water partition coefficient (Wildman–Crippen LogP) is 1.42. The molecule has 72 valence electrons. The van der Waals surface area contributed by atoms with E-state index in [-0.39, 0.29) is 6.10 Å². The largest absolute Gasteiger partial charge is 0.493 e. The van der Waals surface area contributed by atoms with Gasteiger partial charge in [-0.15, -0.1) is 0 Å². The highest BCUT2D eigenvalue weighted by Gasteiger charge is 1.96. The number of benzene rings is 1. The van der Waals surface area contributed by atoms with Crippen LogP contribution < -0.4 is 10.5 Å². The van der Waals surface area contributed by atoms with Gasteiger partial charge >= 0.3 is 0 Å². The molecule has 0 amide bonds. The van der Waals surface area contributed by atoms with Gasteiger partial charge in [-0.3, -0.25) is 0 Å². The topological polar surface area (TPSA) is 55.5 Å². The van der Waals surface area contributed by atoms with Gasteiger partial charge in [0, 0.05) is 12.1 Å². The number of aliphatic hydroxyl groups excluding tert-OH is 1. The van der Waals surface area contributed by atoms with Crippen molar-refractivity contribution in [3.05, 3.63) is 24.3 Å². The predicted molar refractivity (Wildman–Crippen MR) is 52.6 cm³/mol. The number of nitrogens with two attached hydrogens (primary N) is 1. The minimum absolute atomic E-state index is 0.311. The van der Waals surface area contributed by atoms with E-state index in [0.29, 0.717) is 13.0 Å². The van der Waals surface area contributed by atoms with E-state index in [0.717, 1.165) is 11.4 Å². The molecule has 0 aromatic heterocycles. The van der Waals surface area contributed by atoms with E-state index in [1.165, 1.54) is 0 Å². The average Bonchev–Trinajstić information content (AvgIpc) is 2.08. The van der Waals surface area contributed by atoms with E-state index in [2.05, 4.69) is 0 Å². The maximum atomic E-state index is 8.97. The van der Waals surface area contributed by atoms with Gasteiger partial charge in [0.05, 0.1) is 12.7 Å². The van der Waals surface area contributed by atoms with Crippen LogP contribution in [0, 0.1) is 0 Å². The minimum Gasteiger partial charge on any atom is -0.493 e. The second-order valence-electron chi connectivity index (χ2n) is 3.06. The Bertz CT molecular complexity index is 244. The molecule has 0 bridgehead atoms. The van der Waals surface area contributed by atoms with Gasteiger partial charge in [0.1, 0.15) is 5.75 Å². The van der Waals surface area contributed by atoms with E-state index in [4.69, 9.17) is 15.6 Å². The summed E-state index contributed by atoms with van der Waals surface area (Å²) < 4.78 is 5.36. The third-order valence-electron chi connectivity index (χ3n) is 1.68. The van der Waals surface area contributed by atoms with Crippen LogP contribution in [0.25, 0.3) is 0 Å².